The number of hydrogen-bond donors (Lipinski definition) is 1. The van der Waals surface area contributed by atoms with Crippen LogP contribution in [0.5, 0.6) is 0 Å². The highest BCUT2D eigenvalue weighted by molar-refractivity contribution is 6.30. The topological polar surface area (TPSA) is 36.4 Å². The molecule has 0 aliphatic rings. The standard InChI is InChI=1S/C16H21ClN2O/c1-11(2)19(6-7-20)10-14-9-13-5-4-12(3)8-15(13)18-16(14)17/h4-5,8-9,11,20H,6-7,10H2,1-3H3. The fourth-order valence-electron chi connectivity index (χ4n) is 2.28. The third kappa shape index (κ3) is 3.48. The highest BCUT2D eigenvalue weighted by Gasteiger charge is 2.13. The Morgan fingerprint density at radius 2 is 2.05 bits per heavy atom. The van der Waals surface area contributed by atoms with Gasteiger partial charge in [-0.1, -0.05) is 23.7 Å². The molecule has 0 spiro atoms. The highest BCUT2D eigenvalue weighted by Crippen LogP contribution is 2.23. The van der Waals surface area contributed by atoms with Gasteiger partial charge < -0.3 is 5.11 Å². The molecule has 0 amide bonds. The van der Waals surface area contributed by atoms with Gasteiger partial charge in [-0.3, -0.25) is 4.90 Å². The van der Waals surface area contributed by atoms with Crippen LogP contribution in [0, 0.1) is 6.92 Å². The minimum Gasteiger partial charge on any atom is -0.395 e. The van der Waals surface area contributed by atoms with Crippen LogP contribution in [0.4, 0.5) is 0 Å². The van der Waals surface area contributed by atoms with Gasteiger partial charge in [0, 0.05) is 30.1 Å². The Balaban J connectivity index is 2.34. The number of hydrogen-bond acceptors (Lipinski definition) is 3. The van der Waals surface area contributed by atoms with Crippen molar-refractivity contribution < 1.29 is 5.11 Å². The molecule has 0 radical (unpaired) electrons. The molecule has 0 fully saturated rings. The quantitative estimate of drug-likeness (QED) is 0.858. The summed E-state index contributed by atoms with van der Waals surface area (Å²) in [5, 5.41) is 10.8. The van der Waals surface area contributed by atoms with E-state index in [1.807, 2.05) is 13.0 Å². The Hall–Kier alpha value is -1.16. The van der Waals surface area contributed by atoms with E-state index in [9.17, 15) is 0 Å². The van der Waals surface area contributed by atoms with Crippen molar-refractivity contribution in [2.45, 2.75) is 33.4 Å². The summed E-state index contributed by atoms with van der Waals surface area (Å²) < 4.78 is 0. The predicted molar refractivity (Wildman–Crippen MR) is 84.1 cm³/mol. The summed E-state index contributed by atoms with van der Waals surface area (Å²) in [6.45, 7) is 7.76. The van der Waals surface area contributed by atoms with E-state index in [0.29, 0.717) is 24.3 Å². The third-order valence-corrected chi connectivity index (χ3v) is 3.82. The maximum Gasteiger partial charge on any atom is 0.134 e. The van der Waals surface area contributed by atoms with Crippen LogP contribution in [0.25, 0.3) is 10.9 Å². The highest BCUT2D eigenvalue weighted by atomic mass is 35.5. The number of aryl methyl sites for hydroxylation is 1. The first-order valence-electron chi connectivity index (χ1n) is 6.92. The van der Waals surface area contributed by atoms with Crippen LogP contribution in [0.2, 0.25) is 5.15 Å². The van der Waals surface area contributed by atoms with Gasteiger partial charge in [-0.2, -0.15) is 0 Å². The summed E-state index contributed by atoms with van der Waals surface area (Å²) in [6.07, 6.45) is 0. The zero-order valence-corrected chi connectivity index (χ0v) is 13.0. The van der Waals surface area contributed by atoms with Crippen molar-refractivity contribution in [3.8, 4) is 0 Å². The molecule has 0 unspecified atom stereocenters. The van der Waals surface area contributed by atoms with Crippen LogP contribution < -0.4 is 0 Å². The number of benzene rings is 1. The third-order valence-electron chi connectivity index (χ3n) is 3.49. The minimum atomic E-state index is 0.149. The summed E-state index contributed by atoms with van der Waals surface area (Å²) in [5.74, 6) is 0. The van der Waals surface area contributed by atoms with Gasteiger partial charge >= 0.3 is 0 Å². The summed E-state index contributed by atoms with van der Waals surface area (Å²) in [4.78, 5) is 6.67. The summed E-state index contributed by atoms with van der Waals surface area (Å²) in [6, 6.07) is 8.64. The molecule has 1 aromatic carbocycles. The van der Waals surface area contributed by atoms with E-state index < -0.39 is 0 Å². The van der Waals surface area contributed by atoms with Crippen molar-refractivity contribution in [2.75, 3.05) is 13.2 Å². The van der Waals surface area contributed by atoms with Crippen LogP contribution in [0.3, 0.4) is 0 Å². The lowest BCUT2D eigenvalue weighted by Gasteiger charge is -2.26. The van der Waals surface area contributed by atoms with E-state index in [1.165, 1.54) is 5.56 Å². The van der Waals surface area contributed by atoms with E-state index in [1.54, 1.807) is 0 Å². The molecule has 0 aliphatic heterocycles. The van der Waals surface area contributed by atoms with Gasteiger partial charge in [0.15, 0.2) is 0 Å². The predicted octanol–water partition coefficient (Wildman–Crippen LogP) is 3.40. The molecule has 3 nitrogen and oxygen atoms in total. The molecule has 4 heteroatoms. The van der Waals surface area contributed by atoms with Crippen LogP contribution in [-0.2, 0) is 6.54 Å². The normalized spacial score (nSPS) is 11.8. The second-order valence-electron chi connectivity index (χ2n) is 5.42. The SMILES string of the molecule is Cc1ccc2cc(CN(CCO)C(C)C)c(Cl)nc2c1. The van der Waals surface area contributed by atoms with Crippen molar-refractivity contribution in [1.29, 1.82) is 0 Å². The Bertz CT molecular complexity index is 598. The monoisotopic (exact) mass is 292 g/mol. The molecular formula is C16H21ClN2O. The largest absolute Gasteiger partial charge is 0.395 e. The Morgan fingerprint density at radius 3 is 2.70 bits per heavy atom. The Morgan fingerprint density at radius 1 is 1.30 bits per heavy atom. The van der Waals surface area contributed by atoms with Crippen molar-refractivity contribution in [3.63, 3.8) is 0 Å². The number of rotatable bonds is 5. The zero-order valence-electron chi connectivity index (χ0n) is 12.2. The lowest BCUT2D eigenvalue weighted by molar-refractivity contribution is 0.159. The van der Waals surface area contributed by atoms with Crippen LogP contribution in [0.15, 0.2) is 24.3 Å². The van der Waals surface area contributed by atoms with Gasteiger partial charge in [-0.15, -0.1) is 0 Å². The molecular weight excluding hydrogens is 272 g/mol. The fraction of sp³-hybridized carbons (Fsp3) is 0.438. The number of fused-ring (bicyclic) bond motifs is 1. The lowest BCUT2D eigenvalue weighted by atomic mass is 10.1. The Labute approximate surface area is 125 Å². The number of aliphatic hydroxyl groups excluding tert-OH is 1. The van der Waals surface area contributed by atoms with Crippen molar-refractivity contribution in [1.82, 2.24) is 9.88 Å². The second kappa shape index (κ2) is 6.53. The van der Waals surface area contributed by atoms with Gasteiger partial charge in [-0.05, 0) is 38.5 Å². The first-order valence-corrected chi connectivity index (χ1v) is 7.29. The first-order chi connectivity index (χ1) is 9.51. The van der Waals surface area contributed by atoms with Crippen molar-refractivity contribution >= 4 is 22.5 Å². The van der Waals surface area contributed by atoms with Crippen LogP contribution in [-0.4, -0.2) is 34.2 Å². The molecule has 0 atom stereocenters. The fourth-order valence-corrected chi connectivity index (χ4v) is 2.48. The van der Waals surface area contributed by atoms with E-state index in [0.717, 1.165) is 16.5 Å². The molecule has 0 aliphatic carbocycles. The zero-order chi connectivity index (χ0) is 14.7. The van der Waals surface area contributed by atoms with E-state index >= 15 is 0 Å². The van der Waals surface area contributed by atoms with Crippen LogP contribution >= 0.6 is 11.6 Å². The maximum absolute atomic E-state index is 9.14. The van der Waals surface area contributed by atoms with Crippen molar-refractivity contribution in [2.24, 2.45) is 0 Å². The number of aliphatic hydroxyl groups is 1. The average molecular weight is 293 g/mol. The summed E-state index contributed by atoms with van der Waals surface area (Å²) in [5.41, 5.74) is 3.11. The van der Waals surface area contributed by atoms with Crippen LogP contribution in [0.1, 0.15) is 25.0 Å². The molecule has 0 saturated carbocycles. The summed E-state index contributed by atoms with van der Waals surface area (Å²) >= 11 is 6.30. The molecule has 20 heavy (non-hydrogen) atoms. The maximum atomic E-state index is 9.14. The van der Waals surface area contributed by atoms with Gasteiger partial charge in [-0.25, -0.2) is 4.98 Å². The molecule has 2 rings (SSSR count). The van der Waals surface area contributed by atoms with Gasteiger partial charge in [0.25, 0.3) is 0 Å². The van der Waals surface area contributed by atoms with Gasteiger partial charge in [0.1, 0.15) is 5.15 Å². The summed E-state index contributed by atoms with van der Waals surface area (Å²) in [7, 11) is 0. The molecule has 2 aromatic rings. The average Bonchev–Trinajstić information content (AvgIpc) is 2.39. The minimum absolute atomic E-state index is 0.149. The number of halogens is 1. The smallest absolute Gasteiger partial charge is 0.134 e. The molecule has 108 valence electrons. The number of nitrogens with zero attached hydrogens (tertiary/aromatic N) is 2. The number of aromatic nitrogens is 1. The molecule has 1 N–H and O–H groups in total. The second-order valence-corrected chi connectivity index (χ2v) is 5.78. The van der Waals surface area contributed by atoms with Gasteiger partial charge in [0.05, 0.1) is 12.1 Å². The number of pyridine rings is 1. The van der Waals surface area contributed by atoms with E-state index in [-0.39, 0.29) is 6.61 Å². The Kier molecular flexibility index (Phi) is 4.97. The van der Waals surface area contributed by atoms with Crippen molar-refractivity contribution in [3.05, 3.63) is 40.5 Å². The first kappa shape index (κ1) is 15.2. The lowest BCUT2D eigenvalue weighted by Crippen LogP contribution is -2.33. The molecule has 0 bridgehead atoms. The molecule has 0 saturated heterocycles. The van der Waals surface area contributed by atoms with E-state index in [4.69, 9.17) is 16.7 Å². The van der Waals surface area contributed by atoms with Gasteiger partial charge in [0.2, 0.25) is 0 Å². The molecule has 1 heterocycles. The van der Waals surface area contributed by atoms with E-state index in [2.05, 4.69) is 41.9 Å². The molecule has 1 aromatic heterocycles.